The smallest absolute Gasteiger partial charge is 0.273 e. The van der Waals surface area contributed by atoms with Gasteiger partial charge >= 0.3 is 0 Å². The standard InChI is InChI=1S/C23H24FN5O5S/c1-33-11-10-27-22(31)19(13-6-8-16(34-2)9-7-13)29(15-5-3-4-14(24)12-15)23(32)20-17(25)18(21(26)30)28-35-20/h3-9,12,19H,10-11,25H2,1-2H3,(H2,26,30)(H,27,31). The Kier molecular flexibility index (Phi) is 8.34. The summed E-state index contributed by atoms with van der Waals surface area (Å²) in [5.41, 5.74) is 11.3. The fourth-order valence-electron chi connectivity index (χ4n) is 3.32. The number of carbonyl (C=O) groups excluding carboxylic acids is 3. The molecule has 0 aliphatic heterocycles. The molecule has 12 heteroatoms. The van der Waals surface area contributed by atoms with Crippen molar-refractivity contribution >= 4 is 40.6 Å². The van der Waals surface area contributed by atoms with Crippen LogP contribution in [0.15, 0.2) is 48.5 Å². The van der Waals surface area contributed by atoms with Gasteiger partial charge in [-0.15, -0.1) is 0 Å². The summed E-state index contributed by atoms with van der Waals surface area (Å²) in [5, 5.41) is 2.72. The molecule has 1 atom stereocenters. The van der Waals surface area contributed by atoms with Crippen molar-refractivity contribution in [3.63, 3.8) is 0 Å². The number of nitrogens with two attached hydrogens (primary N) is 2. The van der Waals surface area contributed by atoms with Gasteiger partial charge in [0.25, 0.3) is 11.8 Å². The highest BCUT2D eigenvalue weighted by atomic mass is 32.1. The van der Waals surface area contributed by atoms with E-state index in [0.29, 0.717) is 22.8 Å². The molecule has 5 N–H and O–H groups in total. The van der Waals surface area contributed by atoms with Gasteiger partial charge in [0.1, 0.15) is 22.5 Å². The summed E-state index contributed by atoms with van der Waals surface area (Å²) in [7, 11) is 2.98. The van der Waals surface area contributed by atoms with Crippen molar-refractivity contribution in [1.29, 1.82) is 0 Å². The average Bonchev–Trinajstić information content (AvgIpc) is 3.23. The number of aromatic nitrogens is 1. The summed E-state index contributed by atoms with van der Waals surface area (Å²) >= 11 is 0.659. The first-order valence-electron chi connectivity index (χ1n) is 10.3. The molecule has 0 spiro atoms. The van der Waals surface area contributed by atoms with E-state index in [1.807, 2.05) is 0 Å². The summed E-state index contributed by atoms with van der Waals surface area (Å²) < 4.78 is 28.3. The summed E-state index contributed by atoms with van der Waals surface area (Å²) in [6.07, 6.45) is 0. The Balaban J connectivity index is 2.17. The minimum atomic E-state index is -1.24. The second-order valence-electron chi connectivity index (χ2n) is 7.25. The number of hydrogen-bond donors (Lipinski definition) is 3. The molecule has 184 valence electrons. The molecule has 0 aliphatic carbocycles. The molecule has 0 radical (unpaired) electrons. The minimum Gasteiger partial charge on any atom is -0.497 e. The number of rotatable bonds is 10. The first kappa shape index (κ1) is 25.6. The number of ether oxygens (including phenoxy) is 2. The quantitative estimate of drug-likeness (QED) is 0.360. The summed E-state index contributed by atoms with van der Waals surface area (Å²) in [6, 6.07) is 10.5. The molecule has 0 saturated carbocycles. The predicted molar refractivity (Wildman–Crippen MR) is 129 cm³/mol. The summed E-state index contributed by atoms with van der Waals surface area (Å²) in [6.45, 7) is 0.403. The maximum atomic E-state index is 14.2. The third-order valence-corrected chi connectivity index (χ3v) is 5.86. The maximum absolute atomic E-state index is 14.2. The van der Waals surface area contributed by atoms with E-state index in [1.165, 1.54) is 32.4 Å². The van der Waals surface area contributed by atoms with Crippen LogP contribution >= 0.6 is 11.5 Å². The van der Waals surface area contributed by atoms with Gasteiger partial charge in [-0.1, -0.05) is 18.2 Å². The van der Waals surface area contributed by atoms with Gasteiger partial charge in [-0.3, -0.25) is 19.3 Å². The van der Waals surface area contributed by atoms with Crippen LogP contribution in [0.3, 0.4) is 0 Å². The Labute approximate surface area is 204 Å². The highest BCUT2D eigenvalue weighted by Crippen LogP contribution is 2.34. The van der Waals surface area contributed by atoms with E-state index in [1.54, 1.807) is 24.3 Å². The highest BCUT2D eigenvalue weighted by molar-refractivity contribution is 7.09. The predicted octanol–water partition coefficient (Wildman–Crippen LogP) is 2.12. The normalized spacial score (nSPS) is 11.5. The Bertz CT molecular complexity index is 1220. The van der Waals surface area contributed by atoms with E-state index >= 15 is 0 Å². The number of halogens is 1. The third kappa shape index (κ3) is 5.73. The lowest BCUT2D eigenvalue weighted by Gasteiger charge is -2.31. The molecular weight excluding hydrogens is 477 g/mol. The molecule has 3 amide bonds. The van der Waals surface area contributed by atoms with Crippen molar-refractivity contribution in [2.24, 2.45) is 5.73 Å². The number of carbonyl (C=O) groups is 3. The molecule has 0 aliphatic rings. The highest BCUT2D eigenvalue weighted by Gasteiger charge is 2.36. The monoisotopic (exact) mass is 501 g/mol. The average molecular weight is 502 g/mol. The van der Waals surface area contributed by atoms with Crippen LogP contribution in [-0.2, 0) is 9.53 Å². The fourth-order valence-corrected chi connectivity index (χ4v) is 4.07. The second kappa shape index (κ2) is 11.4. The van der Waals surface area contributed by atoms with E-state index in [4.69, 9.17) is 20.9 Å². The van der Waals surface area contributed by atoms with Gasteiger partial charge in [-0.2, -0.15) is 4.37 Å². The van der Waals surface area contributed by atoms with Crippen LogP contribution in [-0.4, -0.2) is 49.5 Å². The van der Waals surface area contributed by atoms with E-state index in [0.717, 1.165) is 11.0 Å². The molecule has 3 rings (SSSR count). The van der Waals surface area contributed by atoms with Gasteiger partial charge in [0.15, 0.2) is 5.69 Å². The molecule has 1 heterocycles. The van der Waals surface area contributed by atoms with Crippen molar-refractivity contribution in [3.8, 4) is 5.75 Å². The Morgan fingerprint density at radius 1 is 1.17 bits per heavy atom. The van der Waals surface area contributed by atoms with Crippen molar-refractivity contribution in [3.05, 3.63) is 70.5 Å². The van der Waals surface area contributed by atoms with Gasteiger partial charge in [0, 0.05) is 19.3 Å². The van der Waals surface area contributed by atoms with Gasteiger partial charge in [-0.25, -0.2) is 4.39 Å². The molecule has 0 bridgehead atoms. The number of nitrogens with zero attached hydrogens (tertiary/aromatic N) is 2. The van der Waals surface area contributed by atoms with Crippen LogP contribution < -0.4 is 26.4 Å². The van der Waals surface area contributed by atoms with Gasteiger partial charge in [0.2, 0.25) is 5.91 Å². The van der Waals surface area contributed by atoms with Crippen molar-refractivity contribution in [2.75, 3.05) is 38.0 Å². The van der Waals surface area contributed by atoms with Gasteiger partial charge in [-0.05, 0) is 47.4 Å². The molecule has 0 fully saturated rings. The Morgan fingerprint density at radius 3 is 2.46 bits per heavy atom. The Morgan fingerprint density at radius 2 is 1.89 bits per heavy atom. The number of benzene rings is 2. The lowest BCUT2D eigenvalue weighted by Crippen LogP contribution is -2.44. The molecular formula is C23H24FN5O5S. The zero-order chi connectivity index (χ0) is 25.5. The van der Waals surface area contributed by atoms with Crippen LogP contribution in [0.25, 0.3) is 0 Å². The van der Waals surface area contributed by atoms with Crippen molar-refractivity contribution < 1.29 is 28.2 Å². The number of methoxy groups -OCH3 is 2. The van der Waals surface area contributed by atoms with Crippen molar-refractivity contribution in [1.82, 2.24) is 9.69 Å². The van der Waals surface area contributed by atoms with E-state index in [2.05, 4.69) is 9.69 Å². The zero-order valence-corrected chi connectivity index (χ0v) is 19.8. The topological polar surface area (TPSA) is 150 Å². The second-order valence-corrected chi connectivity index (χ2v) is 8.03. The fraction of sp³-hybridized carbons (Fsp3) is 0.217. The lowest BCUT2D eigenvalue weighted by atomic mass is 10.0. The number of nitrogen functional groups attached to an aromatic ring is 1. The largest absolute Gasteiger partial charge is 0.497 e. The van der Waals surface area contributed by atoms with E-state index in [-0.39, 0.29) is 35.1 Å². The lowest BCUT2D eigenvalue weighted by molar-refractivity contribution is -0.122. The summed E-state index contributed by atoms with van der Waals surface area (Å²) in [5.74, 6) is -2.31. The minimum absolute atomic E-state index is 0.0890. The van der Waals surface area contributed by atoms with Crippen LogP contribution in [0.5, 0.6) is 5.75 Å². The van der Waals surface area contributed by atoms with Gasteiger partial charge < -0.3 is 26.3 Å². The molecule has 1 aromatic heterocycles. The molecule has 35 heavy (non-hydrogen) atoms. The first-order chi connectivity index (χ1) is 16.8. The summed E-state index contributed by atoms with van der Waals surface area (Å²) in [4.78, 5) is 39.8. The number of primary amides is 1. The molecule has 2 aromatic carbocycles. The number of nitrogens with one attached hydrogen (secondary N) is 1. The van der Waals surface area contributed by atoms with Gasteiger partial charge in [0.05, 0.1) is 19.4 Å². The van der Waals surface area contributed by atoms with Crippen LogP contribution in [0.4, 0.5) is 15.8 Å². The van der Waals surface area contributed by atoms with E-state index in [9.17, 15) is 18.8 Å². The molecule has 3 aromatic rings. The zero-order valence-electron chi connectivity index (χ0n) is 19.0. The molecule has 1 unspecified atom stereocenters. The number of hydrogen-bond acceptors (Lipinski definition) is 8. The maximum Gasteiger partial charge on any atom is 0.273 e. The number of anilines is 2. The third-order valence-electron chi connectivity index (χ3n) is 5.00. The Hall–Kier alpha value is -4.03. The van der Waals surface area contributed by atoms with Crippen LogP contribution in [0.2, 0.25) is 0 Å². The van der Waals surface area contributed by atoms with Crippen molar-refractivity contribution in [2.45, 2.75) is 6.04 Å². The van der Waals surface area contributed by atoms with Crippen LogP contribution in [0, 0.1) is 5.82 Å². The van der Waals surface area contributed by atoms with E-state index < -0.39 is 29.6 Å². The molecule has 0 saturated heterocycles. The first-order valence-corrected chi connectivity index (χ1v) is 11.1. The SMILES string of the molecule is COCCNC(=O)C(c1ccc(OC)cc1)N(C(=O)c1snc(C(N)=O)c1N)c1cccc(F)c1. The molecule has 10 nitrogen and oxygen atoms in total. The van der Waals surface area contributed by atoms with Crippen LogP contribution in [0.1, 0.15) is 31.8 Å². The number of amides is 3.